The van der Waals surface area contributed by atoms with Gasteiger partial charge in [-0.15, -0.1) is 0 Å². The Morgan fingerprint density at radius 3 is 1.96 bits per heavy atom. The van der Waals surface area contributed by atoms with Crippen LogP contribution in [0.3, 0.4) is 0 Å². The highest BCUT2D eigenvalue weighted by Gasteiger charge is 2.15. The van der Waals surface area contributed by atoms with Gasteiger partial charge in [0.1, 0.15) is 0 Å². The Hall–Kier alpha value is -2.46. The molecule has 1 fully saturated rings. The molecule has 0 saturated carbocycles. The molecule has 0 unspecified atom stereocenters. The van der Waals surface area contributed by atoms with Gasteiger partial charge in [0.15, 0.2) is 5.78 Å². The van der Waals surface area contributed by atoms with E-state index in [2.05, 4.69) is 4.90 Å². The fourth-order valence-electron chi connectivity index (χ4n) is 2.70. The molecule has 1 aliphatic heterocycles. The van der Waals surface area contributed by atoms with Gasteiger partial charge in [-0.25, -0.2) is 4.79 Å². The molecular formula is C20H21NO3. The third-order valence-electron chi connectivity index (χ3n) is 4.23. The maximum absolute atomic E-state index is 12.5. The number of hydrogen-bond acceptors (Lipinski definition) is 4. The third-order valence-corrected chi connectivity index (χ3v) is 4.23. The number of nitrogens with zero attached hydrogens (tertiary/aromatic N) is 1. The minimum atomic E-state index is -0.369. The summed E-state index contributed by atoms with van der Waals surface area (Å²) in [6, 6.07) is 14.4. The van der Waals surface area contributed by atoms with Crippen LogP contribution in [0, 0.1) is 0 Å². The van der Waals surface area contributed by atoms with Crippen molar-refractivity contribution in [2.75, 3.05) is 19.7 Å². The van der Waals surface area contributed by atoms with Gasteiger partial charge in [0, 0.05) is 17.7 Å². The Labute approximate surface area is 142 Å². The zero-order valence-corrected chi connectivity index (χ0v) is 13.8. The number of benzene rings is 2. The molecule has 124 valence electrons. The average Bonchev–Trinajstić information content (AvgIpc) is 2.58. The maximum atomic E-state index is 12.5. The Bertz CT molecular complexity index is 716. The first-order valence-electron chi connectivity index (χ1n) is 8.30. The van der Waals surface area contributed by atoms with Crippen molar-refractivity contribution in [2.45, 2.75) is 19.9 Å². The van der Waals surface area contributed by atoms with Crippen molar-refractivity contribution in [3.8, 4) is 0 Å². The lowest BCUT2D eigenvalue weighted by atomic mass is 10.0. The largest absolute Gasteiger partial charge is 0.462 e. The zero-order chi connectivity index (χ0) is 16.9. The summed E-state index contributed by atoms with van der Waals surface area (Å²) < 4.78 is 4.94. The van der Waals surface area contributed by atoms with Crippen LogP contribution < -0.4 is 0 Å². The predicted molar refractivity (Wildman–Crippen MR) is 92.2 cm³/mol. The second-order valence-electron chi connectivity index (χ2n) is 5.95. The normalized spacial score (nSPS) is 14.0. The van der Waals surface area contributed by atoms with E-state index in [1.54, 1.807) is 31.2 Å². The molecule has 0 N–H and O–H groups in total. The first kappa shape index (κ1) is 16.4. The van der Waals surface area contributed by atoms with E-state index in [1.807, 2.05) is 24.3 Å². The maximum Gasteiger partial charge on any atom is 0.338 e. The number of rotatable bonds is 6. The molecule has 0 aromatic heterocycles. The summed E-state index contributed by atoms with van der Waals surface area (Å²) in [6.45, 7) is 5.37. The number of ketones is 1. The molecule has 2 aromatic carbocycles. The molecule has 1 heterocycles. The van der Waals surface area contributed by atoms with E-state index < -0.39 is 0 Å². The van der Waals surface area contributed by atoms with Gasteiger partial charge < -0.3 is 4.74 Å². The number of hydrogen-bond donors (Lipinski definition) is 0. The monoisotopic (exact) mass is 323 g/mol. The van der Waals surface area contributed by atoms with E-state index in [1.165, 1.54) is 12.0 Å². The van der Waals surface area contributed by atoms with Crippen LogP contribution in [-0.4, -0.2) is 36.3 Å². The van der Waals surface area contributed by atoms with Gasteiger partial charge in [0.05, 0.1) is 12.2 Å². The van der Waals surface area contributed by atoms with Crippen molar-refractivity contribution >= 4 is 11.8 Å². The molecule has 1 saturated heterocycles. The van der Waals surface area contributed by atoms with Crippen LogP contribution in [-0.2, 0) is 11.3 Å². The van der Waals surface area contributed by atoms with Gasteiger partial charge in [0.25, 0.3) is 0 Å². The molecule has 0 amide bonds. The molecule has 0 bridgehead atoms. The van der Waals surface area contributed by atoms with Crippen molar-refractivity contribution in [3.63, 3.8) is 0 Å². The molecule has 0 atom stereocenters. The Morgan fingerprint density at radius 2 is 1.46 bits per heavy atom. The highest BCUT2D eigenvalue weighted by Crippen LogP contribution is 2.16. The summed E-state index contributed by atoms with van der Waals surface area (Å²) >= 11 is 0. The van der Waals surface area contributed by atoms with Gasteiger partial charge in [0.2, 0.25) is 0 Å². The van der Waals surface area contributed by atoms with E-state index in [-0.39, 0.29) is 11.8 Å². The van der Waals surface area contributed by atoms with Gasteiger partial charge in [-0.1, -0.05) is 36.4 Å². The van der Waals surface area contributed by atoms with Crippen LogP contribution in [0.1, 0.15) is 45.2 Å². The summed E-state index contributed by atoms with van der Waals surface area (Å²) in [6.07, 6.45) is 1.28. The van der Waals surface area contributed by atoms with Crippen molar-refractivity contribution < 1.29 is 14.3 Å². The molecule has 0 aliphatic carbocycles. The second kappa shape index (κ2) is 7.41. The zero-order valence-electron chi connectivity index (χ0n) is 13.8. The second-order valence-corrected chi connectivity index (χ2v) is 5.95. The lowest BCUT2D eigenvalue weighted by molar-refractivity contribution is 0.0526. The van der Waals surface area contributed by atoms with E-state index in [9.17, 15) is 9.59 Å². The molecule has 2 aromatic rings. The van der Waals surface area contributed by atoms with Crippen LogP contribution in [0.25, 0.3) is 0 Å². The molecular weight excluding hydrogens is 302 g/mol. The van der Waals surface area contributed by atoms with Gasteiger partial charge in [-0.2, -0.15) is 0 Å². The van der Waals surface area contributed by atoms with Crippen LogP contribution in [0.4, 0.5) is 0 Å². The fourth-order valence-corrected chi connectivity index (χ4v) is 2.70. The minimum absolute atomic E-state index is 0.0408. The lowest BCUT2D eigenvalue weighted by Crippen LogP contribution is -2.36. The summed E-state index contributed by atoms with van der Waals surface area (Å²) in [4.78, 5) is 26.5. The van der Waals surface area contributed by atoms with Crippen LogP contribution in [0.2, 0.25) is 0 Å². The van der Waals surface area contributed by atoms with Gasteiger partial charge in [-0.05, 0) is 44.1 Å². The highest BCUT2D eigenvalue weighted by molar-refractivity contribution is 6.09. The van der Waals surface area contributed by atoms with Crippen LogP contribution >= 0.6 is 0 Å². The summed E-state index contributed by atoms with van der Waals surface area (Å²) in [5, 5.41) is 0. The van der Waals surface area contributed by atoms with Crippen molar-refractivity contribution in [1.82, 2.24) is 4.90 Å². The van der Waals surface area contributed by atoms with Crippen LogP contribution in [0.5, 0.6) is 0 Å². The van der Waals surface area contributed by atoms with Gasteiger partial charge in [-0.3, -0.25) is 9.69 Å². The van der Waals surface area contributed by atoms with E-state index in [0.29, 0.717) is 23.3 Å². The van der Waals surface area contributed by atoms with E-state index in [4.69, 9.17) is 4.74 Å². The standard InChI is InChI=1S/C20H21NO3/c1-2-24-20(23)18-10-8-17(9-11-18)19(22)16-6-4-15(5-7-16)14-21-12-3-13-21/h4-11H,2-3,12-14H2,1H3. The topological polar surface area (TPSA) is 46.6 Å². The van der Waals surface area contributed by atoms with Crippen molar-refractivity contribution in [3.05, 3.63) is 70.8 Å². The summed E-state index contributed by atoms with van der Waals surface area (Å²) in [5.41, 5.74) is 2.91. The van der Waals surface area contributed by atoms with Crippen LogP contribution in [0.15, 0.2) is 48.5 Å². The predicted octanol–water partition coefficient (Wildman–Crippen LogP) is 3.30. The fraction of sp³-hybridized carbons (Fsp3) is 0.300. The van der Waals surface area contributed by atoms with E-state index in [0.717, 1.165) is 19.6 Å². The average molecular weight is 323 g/mol. The van der Waals surface area contributed by atoms with Crippen molar-refractivity contribution in [2.24, 2.45) is 0 Å². The smallest absolute Gasteiger partial charge is 0.338 e. The Balaban J connectivity index is 1.67. The molecule has 1 aliphatic rings. The Kier molecular flexibility index (Phi) is 5.06. The van der Waals surface area contributed by atoms with Crippen molar-refractivity contribution in [1.29, 1.82) is 0 Å². The van der Waals surface area contributed by atoms with Gasteiger partial charge >= 0.3 is 5.97 Å². The quantitative estimate of drug-likeness (QED) is 0.604. The SMILES string of the molecule is CCOC(=O)c1ccc(C(=O)c2ccc(CN3CCC3)cc2)cc1. The third kappa shape index (κ3) is 3.71. The minimum Gasteiger partial charge on any atom is -0.462 e. The molecule has 0 radical (unpaired) electrons. The number of likely N-dealkylation sites (tertiary alicyclic amines) is 1. The number of ether oxygens (including phenoxy) is 1. The summed E-state index contributed by atoms with van der Waals surface area (Å²) in [7, 11) is 0. The van der Waals surface area contributed by atoms with E-state index >= 15 is 0 Å². The summed E-state index contributed by atoms with van der Waals surface area (Å²) in [5.74, 6) is -0.409. The molecule has 4 nitrogen and oxygen atoms in total. The first-order chi connectivity index (χ1) is 11.7. The molecule has 3 rings (SSSR count). The molecule has 24 heavy (non-hydrogen) atoms. The molecule has 0 spiro atoms. The number of carbonyl (C=O) groups is 2. The molecule has 4 heteroatoms. The first-order valence-corrected chi connectivity index (χ1v) is 8.30. The highest BCUT2D eigenvalue weighted by atomic mass is 16.5. The Morgan fingerprint density at radius 1 is 0.917 bits per heavy atom. The number of carbonyl (C=O) groups excluding carboxylic acids is 2. The lowest BCUT2D eigenvalue weighted by Gasteiger charge is -2.30. The number of esters is 1.